The summed E-state index contributed by atoms with van der Waals surface area (Å²) in [5, 5.41) is 8.82. The van der Waals surface area contributed by atoms with E-state index in [1.54, 1.807) is 43.3 Å². The molecule has 3 amide bonds. The number of carbonyl (C=O) groups is 2. The Bertz CT molecular complexity index is 979. The number of anilines is 1. The first kappa shape index (κ1) is 21.3. The number of hydrogen-bond acceptors (Lipinski definition) is 5. The maximum atomic E-state index is 13.1. The van der Waals surface area contributed by atoms with E-state index in [1.807, 2.05) is 0 Å². The molecule has 0 bridgehead atoms. The van der Waals surface area contributed by atoms with Crippen LogP contribution in [0.2, 0.25) is 5.02 Å². The number of urea groups is 1. The van der Waals surface area contributed by atoms with Gasteiger partial charge in [-0.05, 0) is 48.9 Å². The van der Waals surface area contributed by atoms with Crippen molar-refractivity contribution in [1.29, 1.82) is 0 Å². The third-order valence-electron chi connectivity index (χ3n) is 4.64. The summed E-state index contributed by atoms with van der Waals surface area (Å²) in [6, 6.07) is 8.97. The summed E-state index contributed by atoms with van der Waals surface area (Å²) >= 11 is 5.91. The van der Waals surface area contributed by atoms with Crippen LogP contribution in [0.25, 0.3) is 0 Å². The molecule has 1 heterocycles. The molecule has 3 rings (SSSR count). The van der Waals surface area contributed by atoms with E-state index in [2.05, 4.69) is 16.0 Å². The minimum atomic E-state index is -0.736. The number of carbonyl (C=O) groups excluding carboxylic acids is 2. The highest BCUT2D eigenvalue weighted by Crippen LogP contribution is 2.41. The molecule has 2 aromatic carbocycles. The topological polar surface area (TPSA) is 97.9 Å². The summed E-state index contributed by atoms with van der Waals surface area (Å²) in [5.74, 6) is 0.863. The van der Waals surface area contributed by atoms with E-state index in [0.717, 1.165) is 0 Å². The van der Waals surface area contributed by atoms with Gasteiger partial charge >= 0.3 is 6.03 Å². The minimum absolute atomic E-state index is 0.346. The lowest BCUT2D eigenvalue weighted by Crippen LogP contribution is -2.46. The van der Waals surface area contributed by atoms with Gasteiger partial charge in [0.1, 0.15) is 0 Å². The molecular formula is C21H22ClN3O5. The minimum Gasteiger partial charge on any atom is -0.493 e. The normalized spacial score (nSPS) is 15.8. The van der Waals surface area contributed by atoms with Gasteiger partial charge in [0, 0.05) is 16.4 Å². The highest BCUT2D eigenvalue weighted by atomic mass is 35.5. The molecule has 1 aliphatic heterocycles. The fourth-order valence-electron chi connectivity index (χ4n) is 3.24. The van der Waals surface area contributed by atoms with Gasteiger partial charge < -0.3 is 30.2 Å². The van der Waals surface area contributed by atoms with Crippen LogP contribution < -0.4 is 30.2 Å². The smallest absolute Gasteiger partial charge is 0.319 e. The van der Waals surface area contributed by atoms with Crippen molar-refractivity contribution >= 4 is 29.2 Å². The zero-order valence-electron chi connectivity index (χ0n) is 17.0. The van der Waals surface area contributed by atoms with Gasteiger partial charge in [0.15, 0.2) is 11.5 Å². The van der Waals surface area contributed by atoms with Gasteiger partial charge in [0.2, 0.25) is 5.75 Å². The Labute approximate surface area is 179 Å². The molecule has 0 aromatic heterocycles. The van der Waals surface area contributed by atoms with Crippen molar-refractivity contribution < 1.29 is 23.8 Å². The Hall–Kier alpha value is -3.39. The molecule has 0 spiro atoms. The zero-order chi connectivity index (χ0) is 21.8. The largest absolute Gasteiger partial charge is 0.493 e. The summed E-state index contributed by atoms with van der Waals surface area (Å²) in [4.78, 5) is 25.3. The number of benzene rings is 2. The lowest BCUT2D eigenvalue weighted by Gasteiger charge is -2.29. The highest BCUT2D eigenvalue weighted by molar-refractivity contribution is 6.30. The summed E-state index contributed by atoms with van der Waals surface area (Å²) in [7, 11) is 4.50. The van der Waals surface area contributed by atoms with Crippen molar-refractivity contribution in [3.8, 4) is 17.2 Å². The van der Waals surface area contributed by atoms with Crippen molar-refractivity contribution in [3.05, 3.63) is 58.3 Å². The molecule has 8 nitrogen and oxygen atoms in total. The number of methoxy groups -OCH3 is 3. The number of allylic oxidation sites excluding steroid dienone is 1. The van der Waals surface area contributed by atoms with Crippen LogP contribution >= 0.6 is 11.6 Å². The second-order valence-electron chi connectivity index (χ2n) is 6.49. The summed E-state index contributed by atoms with van der Waals surface area (Å²) in [6.45, 7) is 1.67. The first-order chi connectivity index (χ1) is 14.4. The average Bonchev–Trinajstić information content (AvgIpc) is 2.73. The standard InChI is InChI=1S/C21H22ClN3O5/c1-11-17(20(26)24-14-7-5-13(22)6-8-14)18(25-21(27)23-11)12-9-15(28-2)19(30-4)16(10-12)29-3/h5-10,18H,1-4H3,(H,24,26)(H2,23,25,27)/t18-/m1/s1. The number of ether oxygens (including phenoxy) is 3. The van der Waals surface area contributed by atoms with Gasteiger partial charge in [-0.1, -0.05) is 11.6 Å². The average molecular weight is 432 g/mol. The molecule has 1 atom stereocenters. The van der Waals surface area contributed by atoms with Gasteiger partial charge in [-0.25, -0.2) is 4.79 Å². The van der Waals surface area contributed by atoms with Crippen LogP contribution in [0.4, 0.5) is 10.5 Å². The predicted molar refractivity (Wildman–Crippen MR) is 113 cm³/mol. The van der Waals surface area contributed by atoms with Crippen molar-refractivity contribution in [2.75, 3.05) is 26.6 Å². The van der Waals surface area contributed by atoms with Crippen LogP contribution in [0.5, 0.6) is 17.2 Å². The second kappa shape index (κ2) is 8.96. The van der Waals surface area contributed by atoms with E-state index in [9.17, 15) is 9.59 Å². The van der Waals surface area contributed by atoms with Crippen molar-refractivity contribution in [2.45, 2.75) is 13.0 Å². The number of rotatable bonds is 6. The predicted octanol–water partition coefficient (Wildman–Crippen LogP) is 3.63. The Balaban J connectivity index is 2.03. The summed E-state index contributed by atoms with van der Waals surface area (Å²) in [5.41, 5.74) is 1.95. The fourth-order valence-corrected chi connectivity index (χ4v) is 3.37. The van der Waals surface area contributed by atoms with E-state index >= 15 is 0 Å². The molecule has 9 heteroatoms. The quantitative estimate of drug-likeness (QED) is 0.648. The van der Waals surface area contributed by atoms with Gasteiger partial charge in [-0.2, -0.15) is 0 Å². The Morgan fingerprint density at radius 2 is 1.63 bits per heavy atom. The van der Waals surface area contributed by atoms with Gasteiger partial charge in [0.05, 0.1) is 32.9 Å². The summed E-state index contributed by atoms with van der Waals surface area (Å²) in [6.07, 6.45) is 0. The molecule has 158 valence electrons. The zero-order valence-corrected chi connectivity index (χ0v) is 17.7. The third kappa shape index (κ3) is 4.28. The summed E-state index contributed by atoms with van der Waals surface area (Å²) < 4.78 is 16.2. The monoisotopic (exact) mass is 431 g/mol. The van der Waals surface area contributed by atoms with Crippen LogP contribution in [0, 0.1) is 0 Å². The number of halogens is 1. The van der Waals surface area contributed by atoms with E-state index in [-0.39, 0.29) is 5.91 Å². The van der Waals surface area contributed by atoms with Crippen LogP contribution in [-0.4, -0.2) is 33.3 Å². The van der Waals surface area contributed by atoms with Crippen LogP contribution in [-0.2, 0) is 4.79 Å². The van der Waals surface area contributed by atoms with Crippen molar-refractivity contribution in [2.24, 2.45) is 0 Å². The van der Waals surface area contributed by atoms with E-state index < -0.39 is 12.1 Å². The van der Waals surface area contributed by atoms with E-state index in [1.165, 1.54) is 21.3 Å². The highest BCUT2D eigenvalue weighted by Gasteiger charge is 2.32. The molecule has 1 aliphatic rings. The van der Waals surface area contributed by atoms with Gasteiger partial charge in [0.25, 0.3) is 5.91 Å². The lowest BCUT2D eigenvalue weighted by molar-refractivity contribution is -0.113. The maximum Gasteiger partial charge on any atom is 0.319 e. The fraction of sp³-hybridized carbons (Fsp3) is 0.238. The van der Waals surface area contributed by atoms with Crippen LogP contribution in [0.1, 0.15) is 18.5 Å². The van der Waals surface area contributed by atoms with Crippen molar-refractivity contribution in [1.82, 2.24) is 10.6 Å². The SMILES string of the molecule is COc1cc([C@H]2NC(=O)NC(C)=C2C(=O)Nc2ccc(Cl)cc2)cc(OC)c1OC. The number of nitrogens with one attached hydrogen (secondary N) is 3. The first-order valence-electron chi connectivity index (χ1n) is 9.03. The second-order valence-corrected chi connectivity index (χ2v) is 6.93. The molecule has 0 saturated carbocycles. The van der Waals surface area contributed by atoms with E-state index in [4.69, 9.17) is 25.8 Å². The molecule has 3 N–H and O–H groups in total. The molecule has 0 saturated heterocycles. The lowest BCUT2D eigenvalue weighted by atomic mass is 9.94. The third-order valence-corrected chi connectivity index (χ3v) is 4.89. The number of hydrogen-bond donors (Lipinski definition) is 3. The molecular weight excluding hydrogens is 410 g/mol. The Kier molecular flexibility index (Phi) is 6.37. The molecule has 30 heavy (non-hydrogen) atoms. The molecule has 0 radical (unpaired) electrons. The van der Waals surface area contributed by atoms with Crippen LogP contribution in [0.3, 0.4) is 0 Å². The van der Waals surface area contributed by atoms with Gasteiger partial charge in [-0.3, -0.25) is 4.79 Å². The molecule has 2 aromatic rings. The Morgan fingerprint density at radius 3 is 2.17 bits per heavy atom. The van der Waals surface area contributed by atoms with Gasteiger partial charge in [-0.15, -0.1) is 0 Å². The van der Waals surface area contributed by atoms with Crippen LogP contribution in [0.15, 0.2) is 47.7 Å². The van der Waals surface area contributed by atoms with E-state index in [0.29, 0.717) is 44.8 Å². The Morgan fingerprint density at radius 1 is 1.03 bits per heavy atom. The number of amides is 3. The molecule has 0 unspecified atom stereocenters. The first-order valence-corrected chi connectivity index (χ1v) is 9.40. The molecule has 0 fully saturated rings. The van der Waals surface area contributed by atoms with Crippen molar-refractivity contribution in [3.63, 3.8) is 0 Å². The maximum absolute atomic E-state index is 13.1. The molecule has 0 aliphatic carbocycles.